The smallest absolute Gasteiger partial charge is 0.405 e. The summed E-state index contributed by atoms with van der Waals surface area (Å²) in [4.78, 5) is 10.8. The summed E-state index contributed by atoms with van der Waals surface area (Å²) in [5.41, 5.74) is 1.51. The molecule has 0 radical (unpaired) electrons. The van der Waals surface area contributed by atoms with Crippen molar-refractivity contribution in [2.45, 2.75) is 33.4 Å². The lowest BCUT2D eigenvalue weighted by atomic mass is 9.82. The van der Waals surface area contributed by atoms with Gasteiger partial charge in [-0.15, -0.1) is 0 Å². The number of carboxylic acid groups (broad SMARTS) is 1. The van der Waals surface area contributed by atoms with Crippen LogP contribution in [0, 0.1) is 5.41 Å². The van der Waals surface area contributed by atoms with E-state index < -0.39 is 6.09 Å². The van der Waals surface area contributed by atoms with E-state index in [0.717, 1.165) is 11.1 Å². The fourth-order valence-electron chi connectivity index (χ4n) is 1.74. The van der Waals surface area contributed by atoms with Crippen LogP contribution in [0.5, 0.6) is 0 Å². The van der Waals surface area contributed by atoms with E-state index in [-0.39, 0.29) is 18.1 Å². The van der Waals surface area contributed by atoms with Crippen LogP contribution in [0.25, 0.3) is 0 Å². The van der Waals surface area contributed by atoms with E-state index in [2.05, 4.69) is 5.32 Å². The standard InChI is InChI=1S/C13H19NO3/c1-13(2,3)11(14-12(16)17)10-6-4-9(8-15)5-7-10/h4-7,11,14-15H,8H2,1-3H3,(H,16,17). The SMILES string of the molecule is CC(C)(C)C(NC(=O)O)c1ccc(CO)cc1. The second-order valence-electron chi connectivity index (χ2n) is 5.15. The van der Waals surface area contributed by atoms with E-state index >= 15 is 0 Å². The van der Waals surface area contributed by atoms with Crippen LogP contribution >= 0.6 is 0 Å². The average Bonchev–Trinajstić information content (AvgIpc) is 2.24. The molecule has 0 saturated heterocycles. The molecule has 1 unspecified atom stereocenters. The molecule has 0 spiro atoms. The fourth-order valence-corrected chi connectivity index (χ4v) is 1.74. The Morgan fingerprint density at radius 1 is 1.29 bits per heavy atom. The first kappa shape index (κ1) is 13.5. The third-order valence-corrected chi connectivity index (χ3v) is 2.63. The third kappa shape index (κ3) is 3.75. The molecular formula is C13H19NO3. The van der Waals surface area contributed by atoms with Crippen molar-refractivity contribution in [1.29, 1.82) is 0 Å². The Kier molecular flexibility index (Phi) is 4.12. The van der Waals surface area contributed by atoms with Crippen molar-refractivity contribution in [2.75, 3.05) is 0 Å². The second-order valence-corrected chi connectivity index (χ2v) is 5.15. The summed E-state index contributed by atoms with van der Waals surface area (Å²) in [5, 5.41) is 20.3. The predicted octanol–water partition coefficient (Wildman–Crippen LogP) is 2.53. The van der Waals surface area contributed by atoms with Gasteiger partial charge in [-0.05, 0) is 16.5 Å². The van der Waals surface area contributed by atoms with E-state index in [4.69, 9.17) is 10.2 Å². The van der Waals surface area contributed by atoms with Gasteiger partial charge in [0.1, 0.15) is 0 Å². The van der Waals surface area contributed by atoms with Gasteiger partial charge in [0.15, 0.2) is 0 Å². The van der Waals surface area contributed by atoms with Crippen LogP contribution in [0.3, 0.4) is 0 Å². The van der Waals surface area contributed by atoms with Crippen molar-refractivity contribution in [3.05, 3.63) is 35.4 Å². The van der Waals surface area contributed by atoms with E-state index in [1.165, 1.54) is 0 Å². The van der Waals surface area contributed by atoms with Gasteiger partial charge in [0, 0.05) is 0 Å². The maximum Gasteiger partial charge on any atom is 0.405 e. The van der Waals surface area contributed by atoms with Gasteiger partial charge in [0.2, 0.25) is 0 Å². The predicted molar refractivity (Wildman–Crippen MR) is 65.7 cm³/mol. The molecule has 0 fully saturated rings. The molecule has 1 aromatic carbocycles. The Labute approximate surface area is 101 Å². The minimum Gasteiger partial charge on any atom is -0.465 e. The first-order chi connectivity index (χ1) is 7.84. The van der Waals surface area contributed by atoms with Crippen molar-refractivity contribution in [2.24, 2.45) is 5.41 Å². The first-order valence-electron chi connectivity index (χ1n) is 5.53. The number of aliphatic hydroxyl groups excluding tert-OH is 1. The van der Waals surface area contributed by atoms with Crippen molar-refractivity contribution >= 4 is 6.09 Å². The molecule has 0 bridgehead atoms. The molecule has 1 aromatic rings. The Balaban J connectivity index is 3.00. The molecule has 1 atom stereocenters. The van der Waals surface area contributed by atoms with Crippen LogP contribution in [0.15, 0.2) is 24.3 Å². The molecule has 1 rings (SSSR count). The zero-order valence-electron chi connectivity index (χ0n) is 10.4. The minimum atomic E-state index is -1.03. The third-order valence-electron chi connectivity index (χ3n) is 2.63. The highest BCUT2D eigenvalue weighted by Crippen LogP contribution is 2.32. The van der Waals surface area contributed by atoms with E-state index in [0.29, 0.717) is 0 Å². The highest BCUT2D eigenvalue weighted by atomic mass is 16.4. The monoisotopic (exact) mass is 237 g/mol. The van der Waals surface area contributed by atoms with Gasteiger partial charge >= 0.3 is 6.09 Å². The molecule has 0 aliphatic carbocycles. The maximum atomic E-state index is 10.8. The van der Waals surface area contributed by atoms with Gasteiger partial charge in [-0.2, -0.15) is 0 Å². The number of aliphatic hydroxyl groups is 1. The molecule has 94 valence electrons. The minimum absolute atomic E-state index is 0.00712. The Morgan fingerprint density at radius 3 is 2.18 bits per heavy atom. The number of nitrogens with one attached hydrogen (secondary N) is 1. The number of rotatable bonds is 3. The lowest BCUT2D eigenvalue weighted by Crippen LogP contribution is -2.35. The van der Waals surface area contributed by atoms with Crippen LogP contribution < -0.4 is 5.32 Å². The van der Waals surface area contributed by atoms with Crippen molar-refractivity contribution in [3.8, 4) is 0 Å². The molecule has 0 aliphatic rings. The first-order valence-corrected chi connectivity index (χ1v) is 5.53. The van der Waals surface area contributed by atoms with Gasteiger partial charge in [-0.3, -0.25) is 0 Å². The number of hydrogen-bond donors (Lipinski definition) is 3. The van der Waals surface area contributed by atoms with Crippen LogP contribution in [0.2, 0.25) is 0 Å². The molecule has 0 saturated carbocycles. The van der Waals surface area contributed by atoms with Crippen molar-refractivity contribution < 1.29 is 15.0 Å². The lowest BCUT2D eigenvalue weighted by molar-refractivity contribution is 0.175. The second kappa shape index (κ2) is 5.19. The molecular weight excluding hydrogens is 218 g/mol. The summed E-state index contributed by atoms with van der Waals surface area (Å²) >= 11 is 0. The normalized spacial score (nSPS) is 13.2. The molecule has 0 aliphatic heterocycles. The van der Waals surface area contributed by atoms with E-state index in [9.17, 15) is 4.79 Å². The van der Waals surface area contributed by atoms with Gasteiger partial charge in [0.05, 0.1) is 12.6 Å². The molecule has 0 heterocycles. The van der Waals surface area contributed by atoms with E-state index in [1.807, 2.05) is 32.9 Å². The Hall–Kier alpha value is -1.55. The highest BCUT2D eigenvalue weighted by Gasteiger charge is 2.27. The van der Waals surface area contributed by atoms with Crippen molar-refractivity contribution in [1.82, 2.24) is 5.32 Å². The van der Waals surface area contributed by atoms with Crippen LogP contribution in [0.4, 0.5) is 4.79 Å². The molecule has 3 N–H and O–H groups in total. The molecule has 17 heavy (non-hydrogen) atoms. The zero-order valence-corrected chi connectivity index (χ0v) is 10.4. The van der Waals surface area contributed by atoms with Gasteiger partial charge < -0.3 is 15.5 Å². The number of amides is 1. The highest BCUT2D eigenvalue weighted by molar-refractivity contribution is 5.65. The lowest BCUT2D eigenvalue weighted by Gasteiger charge is -2.31. The largest absolute Gasteiger partial charge is 0.465 e. The topological polar surface area (TPSA) is 69.6 Å². The summed E-state index contributed by atoms with van der Waals surface area (Å²) in [6.07, 6.45) is -1.03. The van der Waals surface area contributed by atoms with Crippen molar-refractivity contribution in [3.63, 3.8) is 0 Å². The summed E-state index contributed by atoms with van der Waals surface area (Å²) in [6, 6.07) is 7.03. The fraction of sp³-hybridized carbons (Fsp3) is 0.462. The summed E-state index contributed by atoms with van der Waals surface area (Å²) in [5.74, 6) is 0. The van der Waals surface area contributed by atoms with Gasteiger partial charge in [-0.1, -0.05) is 45.0 Å². The molecule has 0 aromatic heterocycles. The van der Waals surface area contributed by atoms with E-state index in [1.54, 1.807) is 12.1 Å². The molecule has 4 heteroatoms. The Bertz CT molecular complexity index is 379. The summed E-state index contributed by atoms with van der Waals surface area (Å²) in [7, 11) is 0. The average molecular weight is 237 g/mol. The van der Waals surface area contributed by atoms with Crippen LogP contribution in [0.1, 0.15) is 37.9 Å². The summed E-state index contributed by atoms with van der Waals surface area (Å²) < 4.78 is 0. The van der Waals surface area contributed by atoms with Crippen LogP contribution in [-0.2, 0) is 6.61 Å². The van der Waals surface area contributed by atoms with Gasteiger partial charge in [-0.25, -0.2) is 4.79 Å². The van der Waals surface area contributed by atoms with Crippen LogP contribution in [-0.4, -0.2) is 16.3 Å². The number of benzene rings is 1. The van der Waals surface area contributed by atoms with Gasteiger partial charge in [0.25, 0.3) is 0 Å². The number of carbonyl (C=O) groups is 1. The zero-order chi connectivity index (χ0) is 13.1. The molecule has 1 amide bonds. The Morgan fingerprint density at radius 2 is 1.82 bits per heavy atom. The maximum absolute atomic E-state index is 10.8. The molecule has 4 nitrogen and oxygen atoms in total. The quantitative estimate of drug-likeness (QED) is 0.756. The number of hydrogen-bond acceptors (Lipinski definition) is 2. The summed E-state index contributed by atoms with van der Waals surface area (Å²) in [6.45, 7) is 5.93.